The van der Waals surface area contributed by atoms with Gasteiger partial charge in [-0.3, -0.25) is 0 Å². The van der Waals surface area contributed by atoms with Crippen molar-refractivity contribution >= 4 is 111 Å². The molecule has 0 aliphatic heterocycles. The standard InChI is InChI=1S/C102H108O15P6/c1-103-76-37-13-25-49-88(76)118(89-50-26-14-38-77(89)104-2)64-61-100(121(94-55-31-19-43-82(94)109-7)95-56-32-20-44-83(95)110-8)115-70-73-67-74(71-116-101(122(96-57-33-21-45-84(96)111-9)97-58-34-22-46-85(97)112-10)62-65-119(90-51-27-15-39-78(90)105-3)91-52-28-16-40-79(91)106-4)69-75(68-73)72-117-102(123(98-59-35-23-47-86(98)113-11)99-60-36-24-48-87(99)114-12)63-66-120(92-53-29-17-41-80(92)107-5)93-54-30-18-42-81(93)108-6/h13-60,67-69,100-102H,61-66,70-72H2,1-12H3. The molecule has 3 atom stereocenters. The summed E-state index contributed by atoms with van der Waals surface area (Å²) in [5.41, 5.74) is 2.75. The first-order valence-electron chi connectivity index (χ1n) is 40.8. The first-order valence-corrected chi connectivity index (χ1v) is 49.6. The molecule has 13 aromatic carbocycles. The minimum absolute atomic E-state index is 0.178. The average Bonchev–Trinajstić information content (AvgIpc) is 0.711. The Kier molecular flexibility index (Phi) is 33.9. The second-order valence-electron chi connectivity index (χ2n) is 28.4. The Hall–Kier alpha value is -10.1. The third kappa shape index (κ3) is 22.0. The molecule has 0 aliphatic rings. The third-order valence-electron chi connectivity index (χ3n) is 21.4. The number of rotatable bonds is 45. The van der Waals surface area contributed by atoms with Crippen molar-refractivity contribution in [2.45, 2.75) is 56.6 Å². The van der Waals surface area contributed by atoms with Crippen molar-refractivity contribution in [2.24, 2.45) is 0 Å². The van der Waals surface area contributed by atoms with Crippen molar-refractivity contribution in [3.8, 4) is 69.0 Å². The van der Waals surface area contributed by atoms with Gasteiger partial charge >= 0.3 is 0 Å². The summed E-state index contributed by atoms with van der Waals surface area (Å²) in [6, 6.07) is 107. The van der Waals surface area contributed by atoms with Gasteiger partial charge in [-0.2, -0.15) is 0 Å². The zero-order chi connectivity index (χ0) is 85.8. The fourth-order valence-electron chi connectivity index (χ4n) is 15.8. The lowest BCUT2D eigenvalue weighted by Gasteiger charge is -2.33. The molecule has 0 amide bonds. The largest absolute Gasteiger partial charge is 0.496 e. The van der Waals surface area contributed by atoms with E-state index in [-0.39, 0.29) is 19.8 Å². The molecule has 123 heavy (non-hydrogen) atoms. The van der Waals surface area contributed by atoms with Crippen LogP contribution in [0.15, 0.2) is 309 Å². The second-order valence-corrected chi connectivity index (χ2v) is 42.1. The van der Waals surface area contributed by atoms with Crippen LogP contribution >= 0.6 is 47.5 Å². The zero-order valence-corrected chi connectivity index (χ0v) is 77.2. The van der Waals surface area contributed by atoms with Crippen molar-refractivity contribution in [2.75, 3.05) is 104 Å². The maximum Gasteiger partial charge on any atom is 0.126 e. The lowest BCUT2D eigenvalue weighted by molar-refractivity contribution is 0.0873. The molecule has 0 radical (unpaired) electrons. The molecule has 0 bridgehead atoms. The molecule has 15 nitrogen and oxygen atoms in total. The van der Waals surface area contributed by atoms with Crippen molar-refractivity contribution in [3.63, 3.8) is 0 Å². The van der Waals surface area contributed by atoms with Crippen molar-refractivity contribution in [3.05, 3.63) is 326 Å². The van der Waals surface area contributed by atoms with Gasteiger partial charge in [0.25, 0.3) is 0 Å². The molecule has 0 fully saturated rings. The highest BCUT2D eigenvalue weighted by Crippen LogP contribution is 2.55. The normalized spacial score (nSPS) is 12.1. The molecule has 13 aromatic rings. The van der Waals surface area contributed by atoms with Crippen molar-refractivity contribution in [1.82, 2.24) is 0 Å². The van der Waals surface area contributed by atoms with E-state index in [1.165, 1.54) is 0 Å². The Morgan fingerprint density at radius 1 is 0.179 bits per heavy atom. The number of para-hydroxylation sites is 12. The monoisotopic (exact) mass is 1760 g/mol. The molecular weight excluding hydrogens is 1650 g/mol. The second kappa shape index (κ2) is 46.1. The highest BCUT2D eigenvalue weighted by molar-refractivity contribution is 7.76. The van der Waals surface area contributed by atoms with E-state index in [2.05, 4.69) is 164 Å². The topological polar surface area (TPSA) is 138 Å². The van der Waals surface area contributed by atoms with Crippen LogP contribution in [0.25, 0.3) is 0 Å². The molecule has 0 N–H and O–H groups in total. The van der Waals surface area contributed by atoms with E-state index in [1.807, 2.05) is 146 Å². The smallest absolute Gasteiger partial charge is 0.126 e. The Bertz CT molecular complexity index is 4710. The molecule has 0 spiro atoms. The lowest BCUT2D eigenvalue weighted by atomic mass is 10.1. The quantitative estimate of drug-likeness (QED) is 0.0334. The molecule has 3 unspecified atom stereocenters. The molecule has 0 heterocycles. The predicted molar refractivity (Wildman–Crippen MR) is 514 cm³/mol. The minimum Gasteiger partial charge on any atom is -0.496 e. The Labute approximate surface area is 733 Å². The zero-order valence-electron chi connectivity index (χ0n) is 71.8. The van der Waals surface area contributed by atoms with Gasteiger partial charge in [-0.15, -0.1) is 0 Å². The first kappa shape index (κ1) is 90.6. The van der Waals surface area contributed by atoms with Crippen LogP contribution in [0, 0.1) is 0 Å². The van der Waals surface area contributed by atoms with Gasteiger partial charge < -0.3 is 71.1 Å². The van der Waals surface area contributed by atoms with Gasteiger partial charge in [0.1, 0.15) is 69.0 Å². The van der Waals surface area contributed by atoms with Crippen LogP contribution in [-0.2, 0) is 34.0 Å². The number of hydrogen-bond donors (Lipinski definition) is 0. The van der Waals surface area contributed by atoms with E-state index in [1.54, 1.807) is 85.3 Å². The minimum atomic E-state index is -1.46. The lowest BCUT2D eigenvalue weighted by Crippen LogP contribution is -2.28. The van der Waals surface area contributed by atoms with Crippen LogP contribution < -0.4 is 120 Å². The van der Waals surface area contributed by atoms with Crippen LogP contribution in [-0.4, -0.2) is 121 Å². The van der Waals surface area contributed by atoms with Gasteiger partial charge in [0.15, 0.2) is 0 Å². The highest BCUT2D eigenvalue weighted by Gasteiger charge is 2.38. The molecule has 21 heteroatoms. The third-order valence-corrected chi connectivity index (χ3v) is 37.5. The van der Waals surface area contributed by atoms with E-state index in [9.17, 15) is 0 Å². The van der Waals surface area contributed by atoms with Gasteiger partial charge in [-0.1, -0.05) is 237 Å². The summed E-state index contributed by atoms with van der Waals surface area (Å²) in [5.74, 6) is 7.96. The van der Waals surface area contributed by atoms with E-state index < -0.39 is 65.1 Å². The van der Waals surface area contributed by atoms with E-state index in [4.69, 9.17) is 71.1 Å². The number of hydrogen-bond acceptors (Lipinski definition) is 15. The molecular formula is C102H108O15P6. The van der Waals surface area contributed by atoms with Gasteiger partial charge in [-0.25, -0.2) is 0 Å². The van der Waals surface area contributed by atoms with Crippen LogP contribution in [0.4, 0.5) is 0 Å². The van der Waals surface area contributed by atoms with Gasteiger partial charge in [0.2, 0.25) is 0 Å². The van der Waals surface area contributed by atoms with Crippen molar-refractivity contribution in [1.29, 1.82) is 0 Å². The number of methoxy groups -OCH3 is 12. The Morgan fingerprint density at radius 3 is 0.455 bits per heavy atom. The van der Waals surface area contributed by atoms with E-state index in [0.717, 1.165) is 149 Å². The summed E-state index contributed by atoms with van der Waals surface area (Å²) < 4.78 is 99.7. The predicted octanol–water partition coefficient (Wildman–Crippen LogP) is 18.3. The molecule has 636 valence electrons. The maximum atomic E-state index is 7.98. The molecule has 0 saturated carbocycles. The number of benzene rings is 13. The van der Waals surface area contributed by atoms with Crippen molar-refractivity contribution < 1.29 is 71.1 Å². The fraction of sp³-hybridized carbons (Fsp3) is 0.235. The summed E-state index contributed by atoms with van der Waals surface area (Å²) in [5, 5.41) is 12.7. The summed E-state index contributed by atoms with van der Waals surface area (Å²) in [4.78, 5) is 0. The van der Waals surface area contributed by atoms with Crippen LogP contribution in [0.2, 0.25) is 0 Å². The summed E-state index contributed by atoms with van der Waals surface area (Å²) in [6.07, 6.45) is 3.85. The Balaban J connectivity index is 0.996. The Morgan fingerprint density at radius 2 is 0.309 bits per heavy atom. The van der Waals surface area contributed by atoms with Gasteiger partial charge in [0.05, 0.1) is 123 Å². The molecule has 0 saturated heterocycles. The van der Waals surface area contributed by atoms with Gasteiger partial charge in [0, 0.05) is 63.7 Å². The fourth-order valence-corrected chi connectivity index (χ4v) is 32.6. The summed E-state index contributed by atoms with van der Waals surface area (Å²) >= 11 is 0. The van der Waals surface area contributed by atoms with E-state index >= 15 is 0 Å². The van der Waals surface area contributed by atoms with Crippen LogP contribution in [0.5, 0.6) is 69.0 Å². The molecule has 0 aromatic heterocycles. The molecule has 13 rings (SSSR count). The van der Waals surface area contributed by atoms with E-state index in [0.29, 0.717) is 37.7 Å². The summed E-state index contributed by atoms with van der Waals surface area (Å²) in [6.45, 7) is 0.533. The first-order chi connectivity index (χ1) is 60.5. The summed E-state index contributed by atoms with van der Waals surface area (Å²) in [7, 11) is 13.1. The maximum absolute atomic E-state index is 7.98. The SMILES string of the molecule is COc1ccccc1P(CCC(OCc1cc(COC(CCP(c2ccccc2OC)c2ccccc2OC)P(c2ccccc2OC)c2ccccc2OC)cc(COC(CCP(c2ccccc2OC)c2ccccc2OC)P(c2ccccc2OC)c2ccccc2OC)c1)P(c1ccccc1OC)c1ccccc1OC)c1ccccc1OC. The average molecular weight is 1760 g/mol. The van der Waals surface area contributed by atoms with Crippen LogP contribution in [0.1, 0.15) is 36.0 Å². The van der Waals surface area contributed by atoms with Crippen LogP contribution in [0.3, 0.4) is 0 Å². The molecule has 0 aliphatic carbocycles. The number of ether oxygens (including phenoxy) is 15. The van der Waals surface area contributed by atoms with Gasteiger partial charge in [-0.05, 0) is 175 Å². The highest BCUT2D eigenvalue weighted by atomic mass is 31.1.